The third-order valence-corrected chi connectivity index (χ3v) is 4.40. The van der Waals surface area contributed by atoms with Gasteiger partial charge in [0.2, 0.25) is 5.90 Å². The van der Waals surface area contributed by atoms with E-state index in [-0.39, 0.29) is 5.90 Å². The molecule has 0 fully saturated rings. The fraction of sp³-hybridized carbons (Fsp3) is 0.263. The van der Waals surface area contributed by atoms with E-state index in [0.717, 1.165) is 17.8 Å². The minimum atomic E-state index is -4.48. The van der Waals surface area contributed by atoms with Crippen molar-refractivity contribution in [2.24, 2.45) is 5.92 Å². The van der Waals surface area contributed by atoms with Gasteiger partial charge in [0.15, 0.2) is 0 Å². The third-order valence-electron chi connectivity index (χ3n) is 4.40. The molecule has 0 saturated carbocycles. The molecule has 1 aliphatic rings. The fourth-order valence-corrected chi connectivity index (χ4v) is 3.07. The molecule has 1 aliphatic heterocycles. The minimum absolute atomic E-state index is 0.265. The number of nitriles is 1. The number of nitrogens with zero attached hydrogens (tertiary/aromatic N) is 2. The first kappa shape index (κ1) is 17.8. The molecule has 2 aromatic carbocycles. The molecule has 0 radical (unpaired) electrons. The van der Waals surface area contributed by atoms with E-state index in [2.05, 4.69) is 0 Å². The summed E-state index contributed by atoms with van der Waals surface area (Å²) >= 11 is 0. The highest BCUT2D eigenvalue weighted by molar-refractivity contribution is 5.85. The number of fused-ring (bicyclic) bond motifs is 1. The monoisotopic (exact) mass is 359 g/mol. The van der Waals surface area contributed by atoms with Crippen LogP contribution < -0.4 is 9.64 Å². The largest absolute Gasteiger partial charge is 0.442 e. The lowest BCUT2D eigenvalue weighted by Gasteiger charge is -2.31. The molecule has 134 valence electrons. The molecule has 1 N–H and O–H groups in total. The molecule has 0 amide bonds. The lowest BCUT2D eigenvalue weighted by atomic mass is 9.78. The van der Waals surface area contributed by atoms with E-state index in [4.69, 9.17) is 10.1 Å². The van der Waals surface area contributed by atoms with Crippen LogP contribution in [0, 0.1) is 22.7 Å². The Bertz CT molecular complexity index is 900. The van der Waals surface area contributed by atoms with E-state index in [0.29, 0.717) is 16.9 Å². The van der Waals surface area contributed by atoms with Crippen LogP contribution in [-0.4, -0.2) is 20.0 Å². The fourth-order valence-electron chi connectivity index (χ4n) is 3.07. The number of hydrogen-bond donors (Lipinski definition) is 1. The highest BCUT2D eigenvalue weighted by Crippen LogP contribution is 2.44. The molecule has 0 aromatic heterocycles. The zero-order valence-corrected chi connectivity index (χ0v) is 14.1. The predicted octanol–water partition coefficient (Wildman–Crippen LogP) is 4.41. The molecule has 0 aliphatic carbocycles. The molecule has 0 saturated heterocycles. The molecular formula is C19H16F3N3O. The molecule has 4 nitrogen and oxygen atoms in total. The van der Waals surface area contributed by atoms with E-state index in [1.54, 1.807) is 18.2 Å². The second-order valence-electron chi connectivity index (χ2n) is 6.29. The Labute approximate surface area is 148 Å². The second kappa shape index (κ2) is 6.37. The molecule has 2 aromatic rings. The highest BCUT2D eigenvalue weighted by Gasteiger charge is 2.38. The first-order valence-corrected chi connectivity index (χ1v) is 7.86. The Morgan fingerprint density at radius 3 is 2.50 bits per heavy atom. The third kappa shape index (κ3) is 3.10. The summed E-state index contributed by atoms with van der Waals surface area (Å²) in [5.74, 6) is -1.57. The number of benzene rings is 2. The van der Waals surface area contributed by atoms with Crippen LogP contribution in [0.5, 0.6) is 5.75 Å². The van der Waals surface area contributed by atoms with Gasteiger partial charge in [-0.1, -0.05) is 24.3 Å². The van der Waals surface area contributed by atoms with Crippen LogP contribution >= 0.6 is 0 Å². The first-order valence-electron chi connectivity index (χ1n) is 7.86. The van der Waals surface area contributed by atoms with Crippen molar-refractivity contribution in [2.45, 2.75) is 12.1 Å². The molecule has 0 spiro atoms. The molecular weight excluding hydrogens is 343 g/mol. The van der Waals surface area contributed by atoms with Crippen molar-refractivity contribution in [2.75, 3.05) is 19.0 Å². The molecule has 7 heteroatoms. The normalized spacial score (nSPS) is 19.3. The van der Waals surface area contributed by atoms with Gasteiger partial charge in [-0.25, -0.2) is 0 Å². The lowest BCUT2D eigenvalue weighted by Crippen LogP contribution is -2.31. The van der Waals surface area contributed by atoms with Crippen LogP contribution in [-0.2, 0) is 6.18 Å². The Kier molecular flexibility index (Phi) is 4.36. The zero-order chi connectivity index (χ0) is 19.1. The van der Waals surface area contributed by atoms with Gasteiger partial charge < -0.3 is 9.64 Å². The van der Waals surface area contributed by atoms with Crippen molar-refractivity contribution in [1.29, 1.82) is 10.7 Å². The average molecular weight is 359 g/mol. The van der Waals surface area contributed by atoms with Crippen molar-refractivity contribution in [3.63, 3.8) is 0 Å². The summed E-state index contributed by atoms with van der Waals surface area (Å²) in [6.45, 7) is 0. The van der Waals surface area contributed by atoms with Crippen LogP contribution in [0.3, 0.4) is 0 Å². The topological polar surface area (TPSA) is 60.1 Å². The summed E-state index contributed by atoms with van der Waals surface area (Å²) in [5.41, 5.74) is 0.974. The van der Waals surface area contributed by atoms with Crippen LogP contribution in [0.1, 0.15) is 22.6 Å². The zero-order valence-electron chi connectivity index (χ0n) is 14.1. The standard InChI is InChI=1S/C19H16F3N3O/c1-25(2)13-6-7-14-16(9-13)26-18(24)15(10-23)17(14)11-4-3-5-12(8-11)19(20,21)22/h3-9,15,17,24H,1-2H3. The minimum Gasteiger partial charge on any atom is -0.442 e. The smallest absolute Gasteiger partial charge is 0.416 e. The van der Waals surface area contributed by atoms with Crippen LogP contribution in [0.4, 0.5) is 18.9 Å². The van der Waals surface area contributed by atoms with Gasteiger partial charge in [0.05, 0.1) is 11.6 Å². The van der Waals surface area contributed by atoms with Crippen molar-refractivity contribution in [1.82, 2.24) is 0 Å². The van der Waals surface area contributed by atoms with Gasteiger partial charge in [-0.15, -0.1) is 0 Å². The van der Waals surface area contributed by atoms with Crippen molar-refractivity contribution in [3.8, 4) is 11.8 Å². The summed E-state index contributed by atoms with van der Waals surface area (Å²) in [6.07, 6.45) is -4.48. The predicted molar refractivity (Wildman–Crippen MR) is 91.5 cm³/mol. The van der Waals surface area contributed by atoms with Gasteiger partial charge in [0, 0.05) is 37.3 Å². The van der Waals surface area contributed by atoms with Crippen molar-refractivity contribution >= 4 is 11.6 Å². The summed E-state index contributed by atoms with van der Waals surface area (Å²) < 4.78 is 44.8. The number of hydrogen-bond acceptors (Lipinski definition) is 4. The number of ether oxygens (including phenoxy) is 1. The van der Waals surface area contributed by atoms with Crippen LogP contribution in [0.25, 0.3) is 0 Å². The van der Waals surface area contributed by atoms with Crippen molar-refractivity contribution < 1.29 is 17.9 Å². The number of rotatable bonds is 2. The van der Waals surface area contributed by atoms with Crippen molar-refractivity contribution in [3.05, 3.63) is 59.2 Å². The van der Waals surface area contributed by atoms with Gasteiger partial charge in [-0.3, -0.25) is 5.41 Å². The number of alkyl halides is 3. The van der Waals surface area contributed by atoms with Gasteiger partial charge in [-0.2, -0.15) is 18.4 Å². The highest BCUT2D eigenvalue weighted by atomic mass is 19.4. The Hall–Kier alpha value is -3.01. The van der Waals surface area contributed by atoms with E-state index in [9.17, 15) is 18.4 Å². The molecule has 1 heterocycles. The maximum Gasteiger partial charge on any atom is 0.416 e. The van der Waals surface area contributed by atoms with Crippen LogP contribution in [0.15, 0.2) is 42.5 Å². The summed E-state index contributed by atoms with van der Waals surface area (Å²) in [4.78, 5) is 1.85. The summed E-state index contributed by atoms with van der Waals surface area (Å²) in [6, 6.07) is 12.2. The maximum atomic E-state index is 13.1. The van der Waals surface area contributed by atoms with E-state index in [1.807, 2.05) is 31.1 Å². The number of anilines is 1. The number of nitrogens with one attached hydrogen (secondary N) is 1. The molecule has 2 atom stereocenters. The Morgan fingerprint density at radius 1 is 1.15 bits per heavy atom. The van der Waals surface area contributed by atoms with Crippen LogP contribution in [0.2, 0.25) is 0 Å². The van der Waals surface area contributed by atoms with Gasteiger partial charge in [-0.05, 0) is 17.7 Å². The molecule has 26 heavy (non-hydrogen) atoms. The van der Waals surface area contributed by atoms with Gasteiger partial charge in [0.25, 0.3) is 0 Å². The summed E-state index contributed by atoms with van der Waals surface area (Å²) in [5, 5.41) is 17.5. The molecule has 2 unspecified atom stereocenters. The van der Waals surface area contributed by atoms with E-state index >= 15 is 0 Å². The maximum absolute atomic E-state index is 13.1. The SMILES string of the molecule is CN(C)c1ccc2c(c1)OC(=N)C(C#N)C2c1cccc(C(F)(F)F)c1. The quantitative estimate of drug-likeness (QED) is 0.864. The Balaban J connectivity index is 2.17. The Morgan fingerprint density at radius 2 is 1.88 bits per heavy atom. The average Bonchev–Trinajstić information content (AvgIpc) is 2.59. The first-order chi connectivity index (χ1) is 12.2. The summed E-state index contributed by atoms with van der Waals surface area (Å²) in [7, 11) is 3.69. The van der Waals surface area contributed by atoms with Gasteiger partial charge in [0.1, 0.15) is 11.7 Å². The second-order valence-corrected chi connectivity index (χ2v) is 6.29. The van der Waals surface area contributed by atoms with E-state index < -0.39 is 23.6 Å². The van der Waals surface area contributed by atoms with E-state index in [1.165, 1.54) is 6.07 Å². The molecule has 3 rings (SSSR count). The lowest BCUT2D eigenvalue weighted by molar-refractivity contribution is -0.137. The van der Waals surface area contributed by atoms with Gasteiger partial charge >= 0.3 is 6.18 Å². The number of halogens is 3. The molecule has 0 bridgehead atoms.